The molecule has 2 amide bonds. The van der Waals surface area contributed by atoms with E-state index in [0.29, 0.717) is 49.1 Å². The van der Waals surface area contributed by atoms with Crippen LogP contribution in [0.15, 0.2) is 60.7 Å². The van der Waals surface area contributed by atoms with E-state index in [1.54, 1.807) is 37.4 Å². The van der Waals surface area contributed by atoms with Crippen LogP contribution in [-0.4, -0.2) is 49.2 Å². The van der Waals surface area contributed by atoms with E-state index in [2.05, 4.69) is 10.6 Å². The van der Waals surface area contributed by atoms with Crippen molar-refractivity contribution in [1.29, 1.82) is 0 Å². The van der Waals surface area contributed by atoms with Gasteiger partial charge in [-0.25, -0.2) is 0 Å². The van der Waals surface area contributed by atoms with Gasteiger partial charge in [0.05, 0.1) is 19.1 Å². The van der Waals surface area contributed by atoms with E-state index in [-0.39, 0.29) is 30.4 Å². The summed E-state index contributed by atoms with van der Waals surface area (Å²) in [5, 5.41) is 16.7. The quantitative estimate of drug-likeness (QED) is 0.390. The second-order valence-electron chi connectivity index (χ2n) is 8.89. The average Bonchev–Trinajstić information content (AvgIpc) is 2.90. The van der Waals surface area contributed by atoms with Gasteiger partial charge in [0.2, 0.25) is 0 Å². The standard InChI is InChI=1S/C28H30N2O6/c1-35-25-13-4-18-2-3-21(16-22(18)17-25)27(32)30-15-14-29-26(31)19-5-9-23(10-6-19)36-24-11-7-20(8-12-24)28(33)34/h2-6,9-10,13,16-17,20,24H,7-8,11-12,14-15H2,1H3,(H,29,31)(H,30,32)(H,33,34). The third-order valence-electron chi connectivity index (χ3n) is 6.45. The van der Waals surface area contributed by atoms with Crippen LogP contribution >= 0.6 is 0 Å². The molecule has 1 saturated carbocycles. The third kappa shape index (κ3) is 6.33. The molecule has 188 valence electrons. The molecule has 1 aliphatic carbocycles. The summed E-state index contributed by atoms with van der Waals surface area (Å²) in [6.07, 6.45) is 2.64. The highest BCUT2D eigenvalue weighted by atomic mass is 16.5. The molecule has 1 fully saturated rings. The first-order valence-electron chi connectivity index (χ1n) is 12.1. The van der Waals surface area contributed by atoms with Crippen molar-refractivity contribution < 1.29 is 29.0 Å². The number of hydrogen-bond donors (Lipinski definition) is 3. The highest BCUT2D eigenvalue weighted by Gasteiger charge is 2.26. The van der Waals surface area contributed by atoms with E-state index in [9.17, 15) is 14.4 Å². The Hall–Kier alpha value is -4.07. The summed E-state index contributed by atoms with van der Waals surface area (Å²) in [4.78, 5) is 36.0. The van der Waals surface area contributed by atoms with Crippen molar-refractivity contribution in [3.8, 4) is 11.5 Å². The summed E-state index contributed by atoms with van der Waals surface area (Å²) in [7, 11) is 1.60. The molecule has 3 aromatic carbocycles. The van der Waals surface area contributed by atoms with Gasteiger partial charge in [-0.15, -0.1) is 0 Å². The zero-order chi connectivity index (χ0) is 25.5. The molecule has 0 radical (unpaired) electrons. The Labute approximate surface area is 209 Å². The molecule has 3 N–H and O–H groups in total. The summed E-state index contributed by atoms with van der Waals surface area (Å²) in [6, 6.07) is 18.0. The van der Waals surface area contributed by atoms with Crippen LogP contribution in [0.25, 0.3) is 10.8 Å². The summed E-state index contributed by atoms with van der Waals surface area (Å²) in [5.74, 6) is -0.0882. The SMILES string of the molecule is COc1ccc2ccc(C(=O)NCCNC(=O)c3ccc(OC4CCC(C(=O)O)CC4)cc3)cc2c1. The van der Waals surface area contributed by atoms with Gasteiger partial charge in [-0.3, -0.25) is 14.4 Å². The van der Waals surface area contributed by atoms with Crippen molar-refractivity contribution in [2.24, 2.45) is 5.92 Å². The van der Waals surface area contributed by atoms with Crippen LogP contribution in [0.1, 0.15) is 46.4 Å². The van der Waals surface area contributed by atoms with Crippen LogP contribution in [0.5, 0.6) is 11.5 Å². The van der Waals surface area contributed by atoms with Gasteiger partial charge in [-0.05, 0) is 85.0 Å². The van der Waals surface area contributed by atoms with Crippen LogP contribution in [0.3, 0.4) is 0 Å². The summed E-state index contributed by atoms with van der Waals surface area (Å²) in [5.41, 5.74) is 1.03. The molecule has 0 heterocycles. The molecule has 0 bridgehead atoms. The van der Waals surface area contributed by atoms with Gasteiger partial charge in [-0.1, -0.05) is 12.1 Å². The van der Waals surface area contributed by atoms with Gasteiger partial charge in [-0.2, -0.15) is 0 Å². The second kappa shape index (κ2) is 11.6. The first-order valence-corrected chi connectivity index (χ1v) is 12.1. The molecule has 0 aromatic heterocycles. The summed E-state index contributed by atoms with van der Waals surface area (Å²) in [6.45, 7) is 0.581. The Bertz CT molecular complexity index is 1230. The lowest BCUT2D eigenvalue weighted by Crippen LogP contribution is -2.34. The van der Waals surface area contributed by atoms with Gasteiger partial charge >= 0.3 is 5.97 Å². The Kier molecular flexibility index (Phi) is 8.05. The molecule has 0 saturated heterocycles. The molecule has 3 aromatic rings. The summed E-state index contributed by atoms with van der Waals surface area (Å²) < 4.78 is 11.2. The van der Waals surface area contributed by atoms with Gasteiger partial charge in [0.15, 0.2) is 0 Å². The predicted octanol–water partition coefficient (Wildman–Crippen LogP) is 4.03. The van der Waals surface area contributed by atoms with Crippen molar-refractivity contribution in [2.75, 3.05) is 20.2 Å². The maximum absolute atomic E-state index is 12.5. The molecule has 0 aliphatic heterocycles. The molecule has 36 heavy (non-hydrogen) atoms. The van der Waals surface area contributed by atoms with Crippen LogP contribution in [0.2, 0.25) is 0 Å². The first kappa shape index (κ1) is 25.0. The number of amides is 2. The van der Waals surface area contributed by atoms with Crippen molar-refractivity contribution in [2.45, 2.75) is 31.8 Å². The van der Waals surface area contributed by atoms with Crippen LogP contribution in [0, 0.1) is 5.92 Å². The van der Waals surface area contributed by atoms with E-state index >= 15 is 0 Å². The van der Waals surface area contributed by atoms with Crippen LogP contribution in [-0.2, 0) is 4.79 Å². The van der Waals surface area contributed by atoms with E-state index in [1.165, 1.54) is 0 Å². The number of carboxylic acids is 1. The lowest BCUT2D eigenvalue weighted by molar-refractivity contribution is -0.143. The smallest absolute Gasteiger partial charge is 0.306 e. The number of benzene rings is 3. The number of ether oxygens (including phenoxy) is 2. The maximum atomic E-state index is 12.5. The first-order chi connectivity index (χ1) is 17.4. The zero-order valence-electron chi connectivity index (χ0n) is 20.2. The lowest BCUT2D eigenvalue weighted by Gasteiger charge is -2.26. The number of rotatable bonds is 9. The molecule has 4 rings (SSSR count). The minimum absolute atomic E-state index is 0.00600. The van der Waals surface area contributed by atoms with Crippen LogP contribution in [0.4, 0.5) is 0 Å². The van der Waals surface area contributed by atoms with Gasteiger partial charge in [0.1, 0.15) is 11.5 Å². The number of carbonyl (C=O) groups is 3. The second-order valence-corrected chi connectivity index (χ2v) is 8.89. The lowest BCUT2D eigenvalue weighted by atomic mass is 9.87. The fraction of sp³-hybridized carbons (Fsp3) is 0.321. The number of fused-ring (bicyclic) bond motifs is 1. The normalized spacial score (nSPS) is 17.2. The van der Waals surface area contributed by atoms with E-state index in [0.717, 1.165) is 16.5 Å². The van der Waals surface area contributed by atoms with Gasteiger partial charge < -0.3 is 25.2 Å². The van der Waals surface area contributed by atoms with Crippen LogP contribution < -0.4 is 20.1 Å². The van der Waals surface area contributed by atoms with E-state index < -0.39 is 5.97 Å². The highest BCUT2D eigenvalue weighted by molar-refractivity contribution is 5.99. The average molecular weight is 491 g/mol. The summed E-state index contributed by atoms with van der Waals surface area (Å²) >= 11 is 0. The fourth-order valence-electron chi connectivity index (χ4n) is 4.35. The Morgan fingerprint density at radius 3 is 2.00 bits per heavy atom. The number of carbonyl (C=O) groups excluding carboxylic acids is 2. The number of carboxylic acid groups (broad SMARTS) is 1. The van der Waals surface area contributed by atoms with Gasteiger partial charge in [0.25, 0.3) is 11.8 Å². The topological polar surface area (TPSA) is 114 Å². The fourth-order valence-corrected chi connectivity index (χ4v) is 4.35. The minimum atomic E-state index is -0.738. The van der Waals surface area contributed by atoms with Gasteiger partial charge in [0, 0.05) is 24.2 Å². The molecular formula is C28H30N2O6. The largest absolute Gasteiger partial charge is 0.497 e. The number of nitrogens with one attached hydrogen (secondary N) is 2. The maximum Gasteiger partial charge on any atom is 0.306 e. The number of aliphatic carboxylic acids is 1. The Morgan fingerprint density at radius 1 is 0.778 bits per heavy atom. The molecule has 0 unspecified atom stereocenters. The molecule has 8 nitrogen and oxygen atoms in total. The molecule has 1 aliphatic rings. The molecule has 0 atom stereocenters. The van der Waals surface area contributed by atoms with E-state index in [4.69, 9.17) is 14.6 Å². The Balaban J connectivity index is 1.21. The molecule has 8 heteroatoms. The monoisotopic (exact) mass is 490 g/mol. The zero-order valence-corrected chi connectivity index (χ0v) is 20.2. The minimum Gasteiger partial charge on any atom is -0.497 e. The molecule has 0 spiro atoms. The number of methoxy groups -OCH3 is 1. The van der Waals surface area contributed by atoms with Crippen molar-refractivity contribution >= 4 is 28.6 Å². The predicted molar refractivity (Wildman–Crippen MR) is 136 cm³/mol. The van der Waals surface area contributed by atoms with Crippen molar-refractivity contribution in [3.63, 3.8) is 0 Å². The van der Waals surface area contributed by atoms with Crippen molar-refractivity contribution in [1.82, 2.24) is 10.6 Å². The van der Waals surface area contributed by atoms with Crippen molar-refractivity contribution in [3.05, 3.63) is 71.8 Å². The van der Waals surface area contributed by atoms with E-state index in [1.807, 2.05) is 30.3 Å². The number of hydrogen-bond acceptors (Lipinski definition) is 5. The highest BCUT2D eigenvalue weighted by Crippen LogP contribution is 2.28. The molecular weight excluding hydrogens is 460 g/mol. The third-order valence-corrected chi connectivity index (χ3v) is 6.45. The Morgan fingerprint density at radius 2 is 1.36 bits per heavy atom.